The number of aryl methyl sites for hydroxylation is 2. The molecule has 1 aromatic carbocycles. The van der Waals surface area contributed by atoms with Gasteiger partial charge in [-0.1, -0.05) is 5.16 Å². The van der Waals surface area contributed by atoms with Gasteiger partial charge in [0.15, 0.2) is 6.61 Å². The first-order chi connectivity index (χ1) is 12.3. The molecule has 2 aromatic rings. The minimum absolute atomic E-state index is 0.0307. The molecule has 1 N–H and O–H groups in total. The van der Waals surface area contributed by atoms with Crippen LogP contribution < -0.4 is 10.1 Å². The maximum Gasteiger partial charge on any atom is 0.344 e. The zero-order chi connectivity index (χ0) is 19.3. The van der Waals surface area contributed by atoms with Gasteiger partial charge < -0.3 is 19.3 Å². The van der Waals surface area contributed by atoms with Gasteiger partial charge in [0.1, 0.15) is 22.8 Å². The second-order valence-electron chi connectivity index (χ2n) is 5.19. The first-order valence-electron chi connectivity index (χ1n) is 7.64. The number of benzene rings is 1. The van der Waals surface area contributed by atoms with E-state index < -0.39 is 23.4 Å². The fourth-order valence-electron chi connectivity index (χ4n) is 2.19. The molecule has 0 unspecified atom stereocenters. The van der Waals surface area contributed by atoms with Crippen LogP contribution in [0.1, 0.15) is 28.7 Å². The normalized spacial score (nSPS) is 10.3. The third-order valence-corrected chi connectivity index (χ3v) is 3.32. The van der Waals surface area contributed by atoms with Crippen LogP contribution in [0.2, 0.25) is 0 Å². The summed E-state index contributed by atoms with van der Waals surface area (Å²) in [5.41, 5.74) is 0.123. The number of amides is 1. The summed E-state index contributed by atoms with van der Waals surface area (Å²) in [6.07, 6.45) is 0. The molecular weight excluding hydrogens is 346 g/mol. The Morgan fingerprint density at radius 2 is 2.08 bits per heavy atom. The fourth-order valence-corrected chi connectivity index (χ4v) is 2.19. The van der Waals surface area contributed by atoms with Crippen LogP contribution in [0, 0.1) is 24.0 Å². The highest BCUT2D eigenvalue weighted by Crippen LogP contribution is 2.29. The maximum absolute atomic E-state index is 12.0. The van der Waals surface area contributed by atoms with Crippen LogP contribution in [0.15, 0.2) is 22.7 Å². The van der Waals surface area contributed by atoms with E-state index in [1.165, 1.54) is 18.2 Å². The number of anilines is 1. The molecule has 0 fully saturated rings. The molecule has 0 atom stereocenters. The lowest BCUT2D eigenvalue weighted by Gasteiger charge is -2.09. The number of nitro benzene ring substituents is 1. The van der Waals surface area contributed by atoms with Crippen molar-refractivity contribution in [1.29, 1.82) is 0 Å². The molecule has 10 nitrogen and oxygen atoms in total. The van der Waals surface area contributed by atoms with E-state index in [9.17, 15) is 19.7 Å². The third kappa shape index (κ3) is 4.35. The number of nitro groups is 1. The van der Waals surface area contributed by atoms with Crippen molar-refractivity contribution in [3.63, 3.8) is 0 Å². The van der Waals surface area contributed by atoms with Crippen molar-refractivity contribution in [3.05, 3.63) is 45.3 Å². The molecule has 0 aliphatic heterocycles. The third-order valence-electron chi connectivity index (χ3n) is 3.32. The Bertz CT molecular complexity index is 825. The minimum atomic E-state index is -0.766. The molecule has 0 bridgehead atoms. The van der Waals surface area contributed by atoms with E-state index in [0.29, 0.717) is 18.1 Å². The Hall–Kier alpha value is -3.43. The topological polar surface area (TPSA) is 134 Å². The summed E-state index contributed by atoms with van der Waals surface area (Å²) in [7, 11) is 0. The van der Waals surface area contributed by atoms with Crippen molar-refractivity contribution >= 4 is 23.3 Å². The van der Waals surface area contributed by atoms with Gasteiger partial charge in [-0.2, -0.15) is 0 Å². The zero-order valence-corrected chi connectivity index (χ0v) is 14.4. The first kappa shape index (κ1) is 18.9. The molecule has 0 aliphatic carbocycles. The van der Waals surface area contributed by atoms with Gasteiger partial charge in [0.05, 0.1) is 23.3 Å². The molecule has 0 spiro atoms. The summed E-state index contributed by atoms with van der Waals surface area (Å²) >= 11 is 0. The number of ether oxygens (including phenoxy) is 2. The number of aromatic nitrogens is 1. The van der Waals surface area contributed by atoms with Crippen molar-refractivity contribution < 1.29 is 28.5 Å². The Morgan fingerprint density at radius 1 is 1.35 bits per heavy atom. The predicted molar refractivity (Wildman–Crippen MR) is 89.2 cm³/mol. The van der Waals surface area contributed by atoms with Crippen molar-refractivity contribution in [2.24, 2.45) is 0 Å². The lowest BCUT2D eigenvalue weighted by atomic mass is 10.2. The van der Waals surface area contributed by atoms with Crippen molar-refractivity contribution in [2.75, 3.05) is 18.5 Å². The lowest BCUT2D eigenvalue weighted by molar-refractivity contribution is -0.384. The van der Waals surface area contributed by atoms with E-state index in [1.807, 2.05) is 0 Å². The number of hydrogen-bond acceptors (Lipinski definition) is 8. The Labute approximate surface area is 148 Å². The van der Waals surface area contributed by atoms with Gasteiger partial charge in [-0.25, -0.2) is 4.79 Å². The van der Waals surface area contributed by atoms with Gasteiger partial charge in [-0.05, 0) is 32.9 Å². The molecule has 0 aliphatic rings. The molecule has 0 radical (unpaired) electrons. The molecule has 138 valence electrons. The number of rotatable bonds is 7. The molecule has 1 heterocycles. The first-order valence-corrected chi connectivity index (χ1v) is 7.64. The number of nitrogens with one attached hydrogen (secondary N) is 1. The van der Waals surface area contributed by atoms with E-state index in [4.69, 9.17) is 14.0 Å². The lowest BCUT2D eigenvalue weighted by Crippen LogP contribution is -2.21. The van der Waals surface area contributed by atoms with Crippen LogP contribution in [-0.4, -0.2) is 35.2 Å². The van der Waals surface area contributed by atoms with Crippen molar-refractivity contribution in [1.82, 2.24) is 5.16 Å². The van der Waals surface area contributed by atoms with E-state index in [0.717, 1.165) is 0 Å². The molecule has 0 saturated carbocycles. The summed E-state index contributed by atoms with van der Waals surface area (Å²) in [5.74, 6) is -0.910. The average Bonchev–Trinajstić information content (AvgIpc) is 2.93. The largest absolute Gasteiger partial charge is 0.494 e. The smallest absolute Gasteiger partial charge is 0.344 e. The van der Waals surface area contributed by atoms with Crippen LogP contribution in [-0.2, 0) is 9.53 Å². The SMILES string of the molecule is CCOc1ccc(NC(=O)COC(=O)c2c(C)noc2C)c([N+](=O)[O-])c1. The molecule has 26 heavy (non-hydrogen) atoms. The molecule has 1 aromatic heterocycles. The Morgan fingerprint density at radius 3 is 2.65 bits per heavy atom. The zero-order valence-electron chi connectivity index (χ0n) is 14.4. The van der Waals surface area contributed by atoms with E-state index in [-0.39, 0.29) is 22.7 Å². The average molecular weight is 363 g/mol. The summed E-state index contributed by atoms with van der Waals surface area (Å²) in [5, 5.41) is 17.1. The molecule has 10 heteroatoms. The summed E-state index contributed by atoms with van der Waals surface area (Å²) in [4.78, 5) is 34.4. The second kappa shape index (κ2) is 8.10. The van der Waals surface area contributed by atoms with Gasteiger partial charge in [-0.15, -0.1) is 0 Å². The molecular formula is C16H17N3O7. The monoisotopic (exact) mass is 363 g/mol. The maximum atomic E-state index is 12.0. The number of esters is 1. The fraction of sp³-hybridized carbons (Fsp3) is 0.312. The molecule has 2 rings (SSSR count). The van der Waals surface area contributed by atoms with Gasteiger partial charge in [-0.3, -0.25) is 14.9 Å². The van der Waals surface area contributed by atoms with Crippen molar-refractivity contribution in [3.8, 4) is 5.75 Å². The standard InChI is InChI=1S/C16H17N3O7/c1-4-24-11-5-6-12(13(7-11)19(22)23)17-14(20)8-25-16(21)15-9(2)18-26-10(15)3/h5-7H,4,8H2,1-3H3,(H,17,20). The highest BCUT2D eigenvalue weighted by molar-refractivity contribution is 5.97. The summed E-state index contributed by atoms with van der Waals surface area (Å²) in [6, 6.07) is 4.04. The van der Waals surface area contributed by atoms with Crippen LogP contribution in [0.4, 0.5) is 11.4 Å². The highest BCUT2D eigenvalue weighted by Gasteiger charge is 2.21. The Balaban J connectivity index is 2.03. The summed E-state index contributed by atoms with van der Waals surface area (Å²) < 4.78 is 15.0. The van der Waals surface area contributed by atoms with E-state index in [2.05, 4.69) is 10.5 Å². The number of carbonyl (C=O) groups excluding carboxylic acids is 2. The molecule has 0 saturated heterocycles. The van der Waals surface area contributed by atoms with Crippen LogP contribution in [0.25, 0.3) is 0 Å². The van der Waals surface area contributed by atoms with E-state index in [1.54, 1.807) is 20.8 Å². The predicted octanol–water partition coefficient (Wildman–Crippen LogP) is 2.39. The molecule has 1 amide bonds. The second-order valence-corrected chi connectivity index (χ2v) is 5.19. The van der Waals surface area contributed by atoms with Crippen LogP contribution >= 0.6 is 0 Å². The highest BCUT2D eigenvalue weighted by atomic mass is 16.6. The van der Waals surface area contributed by atoms with Gasteiger partial charge in [0.25, 0.3) is 11.6 Å². The minimum Gasteiger partial charge on any atom is -0.494 e. The summed E-state index contributed by atoms with van der Waals surface area (Å²) in [6.45, 7) is 4.58. The quantitative estimate of drug-likeness (QED) is 0.450. The van der Waals surface area contributed by atoms with Gasteiger partial charge >= 0.3 is 5.97 Å². The van der Waals surface area contributed by atoms with Crippen molar-refractivity contribution in [2.45, 2.75) is 20.8 Å². The van der Waals surface area contributed by atoms with E-state index >= 15 is 0 Å². The van der Waals surface area contributed by atoms with Gasteiger partial charge in [0.2, 0.25) is 0 Å². The van der Waals surface area contributed by atoms with Crippen LogP contribution in [0.5, 0.6) is 5.75 Å². The van der Waals surface area contributed by atoms with Crippen LogP contribution in [0.3, 0.4) is 0 Å². The van der Waals surface area contributed by atoms with Gasteiger partial charge in [0, 0.05) is 0 Å². The number of hydrogen-bond donors (Lipinski definition) is 1. The number of carbonyl (C=O) groups is 2. The Kier molecular flexibility index (Phi) is 5.89. The number of nitrogens with zero attached hydrogens (tertiary/aromatic N) is 2.